The van der Waals surface area contributed by atoms with E-state index in [2.05, 4.69) is 4.74 Å². The van der Waals surface area contributed by atoms with Crippen molar-refractivity contribution >= 4 is 24.0 Å². The number of hydrogen-bond acceptors (Lipinski definition) is 11. The lowest BCUT2D eigenvalue weighted by molar-refractivity contribution is -0.159. The van der Waals surface area contributed by atoms with Crippen LogP contribution < -0.4 is 0 Å². The number of rotatable bonds is 8. The van der Waals surface area contributed by atoms with Crippen LogP contribution in [0.4, 0.5) is 0 Å². The quantitative estimate of drug-likeness (QED) is 0.166. The third kappa shape index (κ3) is 6.03. The van der Waals surface area contributed by atoms with Crippen molar-refractivity contribution in [2.75, 3.05) is 6.61 Å². The molecular weight excluding hydrogens is 432 g/mol. The Morgan fingerprint density at radius 1 is 0.906 bits per heavy atom. The summed E-state index contributed by atoms with van der Waals surface area (Å²) >= 11 is 0. The van der Waals surface area contributed by atoms with Gasteiger partial charge >= 0.3 is 17.9 Å². The Kier molecular flexibility index (Phi) is 7.47. The monoisotopic (exact) mass is 450 g/mol. The third-order valence-corrected chi connectivity index (χ3v) is 3.94. The maximum atomic E-state index is 12.1. The summed E-state index contributed by atoms with van der Waals surface area (Å²) in [7, 11) is 0. The van der Waals surface area contributed by atoms with Gasteiger partial charge in [-0.3, -0.25) is 0 Å². The van der Waals surface area contributed by atoms with Crippen molar-refractivity contribution in [1.29, 1.82) is 0 Å². The van der Waals surface area contributed by atoms with Gasteiger partial charge in [-0.2, -0.15) is 0 Å². The molecule has 32 heavy (non-hydrogen) atoms. The van der Waals surface area contributed by atoms with E-state index < -0.39 is 65.3 Å². The van der Waals surface area contributed by atoms with Crippen molar-refractivity contribution in [3.05, 3.63) is 47.5 Å². The number of aromatic hydroxyl groups is 5. The summed E-state index contributed by atoms with van der Waals surface area (Å²) in [5, 5.41) is 65.9. The lowest BCUT2D eigenvalue weighted by Crippen LogP contribution is -2.41. The molecule has 0 heterocycles. The number of aliphatic hydroxyl groups excluding tert-OH is 1. The van der Waals surface area contributed by atoms with Gasteiger partial charge in [-0.15, -0.1) is 0 Å². The molecule has 0 aliphatic rings. The molecule has 12 nitrogen and oxygen atoms in total. The van der Waals surface area contributed by atoms with Crippen molar-refractivity contribution in [3.8, 4) is 28.7 Å². The van der Waals surface area contributed by atoms with Gasteiger partial charge in [0.2, 0.25) is 6.10 Å². The molecule has 0 saturated carbocycles. The van der Waals surface area contributed by atoms with E-state index in [1.807, 2.05) is 0 Å². The second-order valence-corrected chi connectivity index (χ2v) is 6.31. The summed E-state index contributed by atoms with van der Waals surface area (Å²) in [6, 6.07) is 5.13. The molecular formula is C20H18O12. The number of hydrogen-bond donors (Lipinski definition) is 7. The number of phenols is 5. The van der Waals surface area contributed by atoms with Crippen molar-refractivity contribution in [2.24, 2.45) is 0 Å². The fourth-order valence-corrected chi connectivity index (χ4v) is 2.31. The molecule has 12 heteroatoms. The van der Waals surface area contributed by atoms with Crippen LogP contribution in [0.25, 0.3) is 6.08 Å². The van der Waals surface area contributed by atoms with Crippen molar-refractivity contribution < 1.29 is 59.6 Å². The molecule has 0 aliphatic heterocycles. The van der Waals surface area contributed by atoms with E-state index in [9.17, 15) is 50.1 Å². The maximum Gasteiger partial charge on any atom is 0.347 e. The summed E-state index contributed by atoms with van der Waals surface area (Å²) in [6.45, 7) is -0.875. The van der Waals surface area contributed by atoms with Crippen LogP contribution in [0.3, 0.4) is 0 Å². The molecule has 2 atom stereocenters. The summed E-state index contributed by atoms with van der Waals surface area (Å²) in [6.07, 6.45) is -2.04. The molecule has 2 aromatic carbocycles. The predicted octanol–water partition coefficient (Wildman–Crippen LogP) is 0.442. The van der Waals surface area contributed by atoms with Crippen LogP contribution >= 0.6 is 0 Å². The minimum Gasteiger partial charge on any atom is -0.504 e. The molecule has 0 amide bonds. The first-order valence-corrected chi connectivity index (χ1v) is 8.73. The molecule has 0 spiro atoms. The van der Waals surface area contributed by atoms with Crippen LogP contribution in [-0.4, -0.2) is 72.5 Å². The third-order valence-electron chi connectivity index (χ3n) is 3.94. The number of aliphatic hydroxyl groups is 1. The molecule has 7 N–H and O–H groups in total. The van der Waals surface area contributed by atoms with Crippen LogP contribution in [0.2, 0.25) is 0 Å². The van der Waals surface area contributed by atoms with Crippen LogP contribution in [-0.2, 0) is 19.1 Å². The van der Waals surface area contributed by atoms with E-state index in [1.54, 1.807) is 0 Å². The van der Waals surface area contributed by atoms with Crippen molar-refractivity contribution in [3.63, 3.8) is 0 Å². The topological polar surface area (TPSA) is 211 Å². The highest BCUT2D eigenvalue weighted by atomic mass is 16.6. The number of aliphatic carboxylic acids is 1. The van der Waals surface area contributed by atoms with Crippen LogP contribution in [0.15, 0.2) is 36.4 Å². The number of carbonyl (C=O) groups excluding carboxylic acids is 2. The summed E-state index contributed by atoms with van der Waals surface area (Å²) in [5.74, 6) is -7.56. The van der Waals surface area contributed by atoms with E-state index in [-0.39, 0.29) is 5.75 Å². The lowest BCUT2D eigenvalue weighted by Gasteiger charge is -2.19. The first kappa shape index (κ1) is 23.8. The van der Waals surface area contributed by atoms with Crippen molar-refractivity contribution in [1.82, 2.24) is 0 Å². The Morgan fingerprint density at radius 2 is 1.53 bits per heavy atom. The first-order valence-electron chi connectivity index (χ1n) is 8.73. The molecule has 2 rings (SSSR count). The second-order valence-electron chi connectivity index (χ2n) is 6.31. The van der Waals surface area contributed by atoms with E-state index in [1.165, 1.54) is 18.2 Å². The van der Waals surface area contributed by atoms with Gasteiger partial charge in [-0.05, 0) is 35.9 Å². The number of carboxylic acids is 1. The maximum absolute atomic E-state index is 12.1. The zero-order valence-corrected chi connectivity index (χ0v) is 16.1. The highest BCUT2D eigenvalue weighted by Crippen LogP contribution is 2.35. The van der Waals surface area contributed by atoms with E-state index in [0.717, 1.165) is 12.1 Å². The largest absolute Gasteiger partial charge is 0.504 e. The number of ether oxygens (including phenoxy) is 2. The Morgan fingerprint density at radius 3 is 2.09 bits per heavy atom. The average molecular weight is 450 g/mol. The molecule has 0 aliphatic carbocycles. The first-order chi connectivity index (χ1) is 15.0. The molecule has 0 aromatic heterocycles. The predicted molar refractivity (Wildman–Crippen MR) is 104 cm³/mol. The number of benzene rings is 2. The van der Waals surface area contributed by atoms with Crippen molar-refractivity contribution in [2.45, 2.75) is 12.2 Å². The fraction of sp³-hybridized carbons (Fsp3) is 0.150. The Bertz CT molecular complexity index is 1040. The number of phenolic OH excluding ortho intramolecular Hbond substituents is 5. The van der Waals surface area contributed by atoms with Gasteiger partial charge < -0.3 is 45.2 Å². The van der Waals surface area contributed by atoms with Gasteiger partial charge in [0.25, 0.3) is 0 Å². The van der Waals surface area contributed by atoms with Gasteiger partial charge in [0.05, 0.1) is 5.56 Å². The number of carboxylic acid groups (broad SMARTS) is 1. The highest BCUT2D eigenvalue weighted by Gasteiger charge is 2.32. The smallest absolute Gasteiger partial charge is 0.347 e. The minimum atomic E-state index is -2.17. The zero-order valence-electron chi connectivity index (χ0n) is 16.1. The molecule has 0 saturated heterocycles. The lowest BCUT2D eigenvalue weighted by atomic mass is 10.1. The van der Waals surface area contributed by atoms with Crippen LogP contribution in [0, 0.1) is 0 Å². The van der Waals surface area contributed by atoms with Crippen LogP contribution in [0.1, 0.15) is 15.9 Å². The van der Waals surface area contributed by atoms with Gasteiger partial charge in [0.1, 0.15) is 12.7 Å². The second kappa shape index (κ2) is 10.0. The molecule has 0 fully saturated rings. The number of carbonyl (C=O) groups is 3. The number of esters is 2. The van der Waals surface area contributed by atoms with Gasteiger partial charge in [0.15, 0.2) is 28.7 Å². The van der Waals surface area contributed by atoms with Gasteiger partial charge in [-0.1, -0.05) is 6.07 Å². The Hall–Kier alpha value is -4.45. The fourth-order valence-electron chi connectivity index (χ4n) is 2.31. The Labute approximate surface area is 179 Å². The SMILES string of the molecule is O=C(/C=C/c1ccc(O)c(O)c1)OC[C@@H](O)[C@@H](OC(=O)c1cc(O)c(O)c(O)c1)C(=O)O. The standard InChI is InChI=1S/C20H18O12/c21-11-3-1-9(5-12(11)22)2-4-16(26)31-8-15(25)18(19(28)29)32-20(30)10-6-13(23)17(27)14(24)7-10/h1-7,15,18,21-25,27H,8H2,(H,28,29)/b4-2+/t15-,18-/m1/s1. The van der Waals surface area contributed by atoms with Gasteiger partial charge in [0, 0.05) is 6.08 Å². The van der Waals surface area contributed by atoms with E-state index in [0.29, 0.717) is 17.7 Å². The highest BCUT2D eigenvalue weighted by molar-refractivity contribution is 5.93. The minimum absolute atomic E-state index is 0.329. The molecule has 0 radical (unpaired) electrons. The Balaban J connectivity index is 1.99. The van der Waals surface area contributed by atoms with Crippen LogP contribution in [0.5, 0.6) is 28.7 Å². The summed E-state index contributed by atoms with van der Waals surface area (Å²) in [4.78, 5) is 35.2. The average Bonchev–Trinajstić information content (AvgIpc) is 2.74. The summed E-state index contributed by atoms with van der Waals surface area (Å²) in [5.41, 5.74) is -0.191. The molecule has 0 bridgehead atoms. The zero-order chi connectivity index (χ0) is 24.0. The molecule has 0 unspecified atom stereocenters. The molecule has 170 valence electrons. The van der Waals surface area contributed by atoms with E-state index in [4.69, 9.17) is 4.74 Å². The van der Waals surface area contributed by atoms with E-state index >= 15 is 0 Å². The normalized spacial score (nSPS) is 12.8. The summed E-state index contributed by atoms with van der Waals surface area (Å²) < 4.78 is 9.34. The molecule has 2 aromatic rings. The van der Waals surface area contributed by atoms with Gasteiger partial charge in [-0.25, -0.2) is 14.4 Å².